The third-order valence-electron chi connectivity index (χ3n) is 6.81. The summed E-state index contributed by atoms with van der Waals surface area (Å²) >= 11 is 0. The number of anilines is 1. The molecule has 0 aliphatic carbocycles. The standard InChI is InChI=1S/C27H27N11.CH4/c1-19(2)37-17-24(33-34-37)21-12-23(27-22(13-28)15-32-38(27)16-21)20-4-5-26(31-14-20)36-10-8-35(9-11-36)18-25-29-6-3-7-30-25;/h3-7,12,14-17,19H,8-11,18H2,1-2H3;1H4. The second-order valence-corrected chi connectivity index (χ2v) is 9.62. The van der Waals surface area contributed by atoms with Crippen LogP contribution in [0.3, 0.4) is 0 Å². The summed E-state index contributed by atoms with van der Waals surface area (Å²) < 4.78 is 3.56. The Bertz CT molecular complexity index is 1590. The second-order valence-electron chi connectivity index (χ2n) is 9.62. The fraction of sp³-hybridized carbons (Fsp3) is 0.321. The van der Waals surface area contributed by atoms with Crippen LogP contribution in [0.4, 0.5) is 5.82 Å². The average Bonchev–Trinajstić information content (AvgIpc) is 3.62. The summed E-state index contributed by atoms with van der Waals surface area (Å²) in [4.78, 5) is 18.1. The molecule has 1 aliphatic heterocycles. The van der Waals surface area contributed by atoms with Crippen LogP contribution in [-0.2, 0) is 6.54 Å². The predicted molar refractivity (Wildman–Crippen MR) is 149 cm³/mol. The van der Waals surface area contributed by atoms with Crippen molar-refractivity contribution in [3.63, 3.8) is 0 Å². The number of fused-ring (bicyclic) bond motifs is 1. The van der Waals surface area contributed by atoms with Gasteiger partial charge in [-0.05, 0) is 38.1 Å². The topological polar surface area (TPSA) is 117 Å². The first-order chi connectivity index (χ1) is 18.6. The Labute approximate surface area is 227 Å². The first-order valence-corrected chi connectivity index (χ1v) is 12.6. The van der Waals surface area contributed by atoms with Gasteiger partial charge in [0.15, 0.2) is 0 Å². The van der Waals surface area contributed by atoms with E-state index < -0.39 is 0 Å². The van der Waals surface area contributed by atoms with Gasteiger partial charge in [-0.25, -0.2) is 24.1 Å². The molecule has 6 heterocycles. The van der Waals surface area contributed by atoms with Crippen molar-refractivity contribution in [3.05, 3.63) is 72.8 Å². The highest BCUT2D eigenvalue weighted by Crippen LogP contribution is 2.32. The number of rotatable bonds is 6. The number of aromatic nitrogens is 8. The minimum absolute atomic E-state index is 0. The molecule has 0 unspecified atom stereocenters. The number of nitriles is 1. The van der Waals surface area contributed by atoms with Gasteiger partial charge in [0.25, 0.3) is 0 Å². The van der Waals surface area contributed by atoms with E-state index in [0.717, 1.165) is 72.3 Å². The fourth-order valence-corrected chi connectivity index (χ4v) is 4.70. The Morgan fingerprint density at radius 3 is 2.44 bits per heavy atom. The molecule has 11 nitrogen and oxygen atoms in total. The molecule has 0 N–H and O–H groups in total. The zero-order valence-corrected chi connectivity index (χ0v) is 21.3. The number of piperazine rings is 1. The van der Waals surface area contributed by atoms with Gasteiger partial charge >= 0.3 is 0 Å². The summed E-state index contributed by atoms with van der Waals surface area (Å²) in [6, 6.07) is 10.5. The summed E-state index contributed by atoms with van der Waals surface area (Å²) in [5, 5.41) is 22.7. The highest BCUT2D eigenvalue weighted by atomic mass is 15.4. The molecule has 5 aromatic heterocycles. The van der Waals surface area contributed by atoms with E-state index in [1.807, 2.05) is 41.5 Å². The molecular formula is C28H31N11. The Morgan fingerprint density at radius 2 is 1.77 bits per heavy atom. The lowest BCUT2D eigenvalue weighted by molar-refractivity contribution is 0.243. The van der Waals surface area contributed by atoms with Gasteiger partial charge < -0.3 is 4.90 Å². The molecule has 0 radical (unpaired) electrons. The van der Waals surface area contributed by atoms with Crippen LogP contribution in [0.5, 0.6) is 0 Å². The van der Waals surface area contributed by atoms with E-state index in [2.05, 4.69) is 61.2 Å². The lowest BCUT2D eigenvalue weighted by atomic mass is 10.0. The van der Waals surface area contributed by atoms with Crippen molar-refractivity contribution in [3.8, 4) is 28.5 Å². The van der Waals surface area contributed by atoms with Gasteiger partial charge in [0.2, 0.25) is 0 Å². The number of nitrogens with zero attached hydrogens (tertiary/aromatic N) is 11. The molecule has 0 amide bonds. The minimum atomic E-state index is 0. The van der Waals surface area contributed by atoms with E-state index in [1.54, 1.807) is 23.1 Å². The first kappa shape index (κ1) is 25.9. The van der Waals surface area contributed by atoms with Gasteiger partial charge in [-0.1, -0.05) is 12.6 Å². The van der Waals surface area contributed by atoms with Crippen LogP contribution in [0.15, 0.2) is 61.4 Å². The molecule has 1 fully saturated rings. The van der Waals surface area contributed by atoms with Gasteiger partial charge in [0.1, 0.15) is 23.4 Å². The normalized spacial score (nSPS) is 13.9. The van der Waals surface area contributed by atoms with Crippen LogP contribution in [0, 0.1) is 11.3 Å². The number of hydrogen-bond donors (Lipinski definition) is 0. The molecule has 11 heteroatoms. The summed E-state index contributed by atoms with van der Waals surface area (Å²) in [7, 11) is 0. The Kier molecular flexibility index (Phi) is 7.29. The summed E-state index contributed by atoms with van der Waals surface area (Å²) in [6.45, 7) is 8.48. The Hall–Kier alpha value is -4.69. The molecule has 6 rings (SSSR count). The Morgan fingerprint density at radius 1 is 0.974 bits per heavy atom. The van der Waals surface area contributed by atoms with Crippen molar-refractivity contribution in [2.45, 2.75) is 33.9 Å². The van der Waals surface area contributed by atoms with Crippen LogP contribution < -0.4 is 4.90 Å². The molecule has 0 bridgehead atoms. The van der Waals surface area contributed by atoms with E-state index in [-0.39, 0.29) is 13.5 Å². The van der Waals surface area contributed by atoms with Crippen LogP contribution in [-0.4, -0.2) is 70.6 Å². The molecule has 5 aromatic rings. The molecular weight excluding hydrogens is 490 g/mol. The van der Waals surface area contributed by atoms with E-state index >= 15 is 0 Å². The van der Waals surface area contributed by atoms with Crippen LogP contribution in [0.25, 0.3) is 27.9 Å². The maximum absolute atomic E-state index is 9.71. The van der Waals surface area contributed by atoms with Gasteiger partial charge in [0.05, 0.1) is 30.0 Å². The summed E-state index contributed by atoms with van der Waals surface area (Å²) in [5.41, 5.74) is 4.67. The largest absolute Gasteiger partial charge is 0.354 e. The monoisotopic (exact) mass is 521 g/mol. The average molecular weight is 522 g/mol. The van der Waals surface area contributed by atoms with E-state index in [1.165, 1.54) is 0 Å². The van der Waals surface area contributed by atoms with Crippen LogP contribution in [0.1, 0.15) is 38.7 Å². The van der Waals surface area contributed by atoms with Crippen LogP contribution in [0.2, 0.25) is 0 Å². The third kappa shape index (κ3) is 5.19. The third-order valence-corrected chi connectivity index (χ3v) is 6.81. The van der Waals surface area contributed by atoms with Gasteiger partial charge in [-0.15, -0.1) is 5.10 Å². The number of hydrogen-bond acceptors (Lipinski definition) is 9. The molecule has 0 atom stereocenters. The van der Waals surface area contributed by atoms with Crippen molar-refractivity contribution in [2.75, 3.05) is 31.1 Å². The molecule has 1 aliphatic rings. The highest BCUT2D eigenvalue weighted by molar-refractivity contribution is 5.87. The molecule has 198 valence electrons. The summed E-state index contributed by atoms with van der Waals surface area (Å²) in [6.07, 6.45) is 10.8. The fourth-order valence-electron chi connectivity index (χ4n) is 4.70. The number of pyridine rings is 2. The van der Waals surface area contributed by atoms with Crippen molar-refractivity contribution in [2.24, 2.45) is 0 Å². The Balaban J connectivity index is 0.00000308. The van der Waals surface area contributed by atoms with E-state index in [9.17, 15) is 5.26 Å². The smallest absolute Gasteiger partial charge is 0.142 e. The predicted octanol–water partition coefficient (Wildman–Crippen LogP) is 3.86. The van der Waals surface area contributed by atoms with Gasteiger partial charge in [0, 0.05) is 73.7 Å². The first-order valence-electron chi connectivity index (χ1n) is 12.6. The van der Waals surface area contributed by atoms with Gasteiger partial charge in [-0.3, -0.25) is 4.90 Å². The van der Waals surface area contributed by atoms with Crippen molar-refractivity contribution < 1.29 is 0 Å². The van der Waals surface area contributed by atoms with Crippen molar-refractivity contribution >= 4 is 11.3 Å². The zero-order valence-electron chi connectivity index (χ0n) is 21.3. The van der Waals surface area contributed by atoms with Crippen molar-refractivity contribution in [1.82, 2.24) is 44.5 Å². The second kappa shape index (κ2) is 11.0. The lowest BCUT2D eigenvalue weighted by Crippen LogP contribution is -2.46. The van der Waals surface area contributed by atoms with Crippen LogP contribution >= 0.6 is 0 Å². The maximum Gasteiger partial charge on any atom is 0.142 e. The molecule has 1 saturated heterocycles. The summed E-state index contributed by atoms with van der Waals surface area (Å²) in [5.74, 6) is 1.78. The van der Waals surface area contributed by atoms with E-state index in [0.29, 0.717) is 5.56 Å². The quantitative estimate of drug-likeness (QED) is 0.328. The zero-order chi connectivity index (χ0) is 26.1. The SMILES string of the molecule is C.CC(C)n1cc(-c2cc(-c3ccc(N4CCN(Cc5ncccn5)CC4)nc3)c3c(C#N)cnn3c2)nn1. The minimum Gasteiger partial charge on any atom is -0.354 e. The molecule has 0 aromatic carbocycles. The molecule has 0 saturated carbocycles. The maximum atomic E-state index is 9.71. The lowest BCUT2D eigenvalue weighted by Gasteiger charge is -2.35. The van der Waals surface area contributed by atoms with E-state index in [4.69, 9.17) is 4.98 Å². The van der Waals surface area contributed by atoms with Crippen molar-refractivity contribution in [1.29, 1.82) is 5.26 Å². The van der Waals surface area contributed by atoms with Gasteiger partial charge in [-0.2, -0.15) is 10.4 Å². The molecule has 0 spiro atoms. The highest BCUT2D eigenvalue weighted by Gasteiger charge is 2.20. The molecule has 39 heavy (non-hydrogen) atoms.